The van der Waals surface area contributed by atoms with Crippen LogP contribution < -0.4 is 5.32 Å². The van der Waals surface area contributed by atoms with E-state index in [1.165, 1.54) is 0 Å². The second-order valence-electron chi connectivity index (χ2n) is 3.86. The molecule has 0 amide bonds. The van der Waals surface area contributed by atoms with Crippen LogP contribution in [0, 0.1) is 0 Å². The first kappa shape index (κ1) is 8.44. The van der Waals surface area contributed by atoms with E-state index < -0.39 is 11.9 Å². The Morgan fingerprint density at radius 1 is 1.33 bits per heavy atom. The first-order valence-electron chi connectivity index (χ1n) is 4.33. The molecule has 2 heterocycles. The van der Waals surface area contributed by atoms with Crippen molar-refractivity contribution in [3.05, 3.63) is 0 Å². The normalized spacial score (nSPS) is 45.8. The van der Waals surface area contributed by atoms with Gasteiger partial charge in [0, 0.05) is 13.1 Å². The lowest BCUT2D eigenvalue weighted by Crippen LogP contribution is -2.51. The SMILES string of the molecule is CC1(C)O[C@H]2[C@@H](O)CNC[C@H]2O1. The van der Waals surface area contributed by atoms with Gasteiger partial charge in [0.2, 0.25) is 0 Å². The number of fused-ring (bicyclic) bond motifs is 1. The van der Waals surface area contributed by atoms with E-state index in [0.29, 0.717) is 6.54 Å². The van der Waals surface area contributed by atoms with Crippen molar-refractivity contribution < 1.29 is 14.6 Å². The zero-order valence-electron chi connectivity index (χ0n) is 7.41. The first-order chi connectivity index (χ1) is 5.58. The molecule has 0 aliphatic carbocycles. The number of aliphatic hydroxyl groups is 1. The maximum absolute atomic E-state index is 9.54. The Morgan fingerprint density at radius 2 is 2.08 bits per heavy atom. The Kier molecular flexibility index (Phi) is 1.88. The van der Waals surface area contributed by atoms with Crippen LogP contribution in [0.2, 0.25) is 0 Å². The lowest BCUT2D eigenvalue weighted by molar-refractivity contribution is -0.152. The Balaban J connectivity index is 2.09. The summed E-state index contributed by atoms with van der Waals surface area (Å²) >= 11 is 0. The molecule has 2 aliphatic heterocycles. The van der Waals surface area contributed by atoms with Crippen LogP contribution in [-0.2, 0) is 9.47 Å². The van der Waals surface area contributed by atoms with Gasteiger partial charge >= 0.3 is 0 Å². The van der Waals surface area contributed by atoms with Gasteiger partial charge in [-0.3, -0.25) is 0 Å². The van der Waals surface area contributed by atoms with E-state index in [1.54, 1.807) is 0 Å². The molecule has 2 aliphatic rings. The van der Waals surface area contributed by atoms with E-state index in [1.807, 2.05) is 13.8 Å². The molecular weight excluding hydrogens is 158 g/mol. The second-order valence-corrected chi connectivity index (χ2v) is 3.86. The van der Waals surface area contributed by atoms with Crippen molar-refractivity contribution in [2.75, 3.05) is 13.1 Å². The number of aliphatic hydroxyl groups excluding tert-OH is 1. The van der Waals surface area contributed by atoms with E-state index >= 15 is 0 Å². The van der Waals surface area contributed by atoms with E-state index in [-0.39, 0.29) is 12.2 Å². The summed E-state index contributed by atoms with van der Waals surface area (Å²) in [5.74, 6) is -0.539. The fraction of sp³-hybridized carbons (Fsp3) is 1.00. The molecule has 2 N–H and O–H groups in total. The van der Waals surface area contributed by atoms with Crippen LogP contribution in [-0.4, -0.2) is 42.3 Å². The van der Waals surface area contributed by atoms with Gasteiger partial charge in [-0.05, 0) is 13.8 Å². The topological polar surface area (TPSA) is 50.7 Å². The maximum atomic E-state index is 9.54. The minimum atomic E-state index is -0.539. The zero-order chi connectivity index (χ0) is 8.77. The van der Waals surface area contributed by atoms with Crippen molar-refractivity contribution in [1.82, 2.24) is 5.32 Å². The maximum Gasteiger partial charge on any atom is 0.163 e. The van der Waals surface area contributed by atoms with Crippen molar-refractivity contribution >= 4 is 0 Å². The molecule has 2 saturated heterocycles. The smallest absolute Gasteiger partial charge is 0.163 e. The minimum absolute atomic E-state index is 0.00347. The predicted octanol–water partition coefficient (Wildman–Crippen LogP) is -0.529. The van der Waals surface area contributed by atoms with Crippen molar-refractivity contribution in [2.24, 2.45) is 0 Å². The quantitative estimate of drug-likeness (QED) is 0.517. The van der Waals surface area contributed by atoms with E-state index in [0.717, 1.165) is 6.54 Å². The summed E-state index contributed by atoms with van der Waals surface area (Å²) in [6, 6.07) is 0. The molecule has 3 atom stereocenters. The van der Waals surface area contributed by atoms with Gasteiger partial charge in [0.25, 0.3) is 0 Å². The summed E-state index contributed by atoms with van der Waals surface area (Å²) in [7, 11) is 0. The molecule has 0 aromatic carbocycles. The molecule has 2 rings (SSSR count). The average molecular weight is 173 g/mol. The lowest BCUT2D eigenvalue weighted by atomic mass is 10.0. The number of ether oxygens (including phenoxy) is 2. The average Bonchev–Trinajstić information content (AvgIpc) is 2.25. The Labute approximate surface area is 71.9 Å². The number of piperidine rings is 1. The van der Waals surface area contributed by atoms with Gasteiger partial charge in [0.1, 0.15) is 12.2 Å². The molecule has 12 heavy (non-hydrogen) atoms. The third-order valence-corrected chi connectivity index (χ3v) is 2.30. The van der Waals surface area contributed by atoms with Crippen molar-refractivity contribution in [1.29, 1.82) is 0 Å². The van der Waals surface area contributed by atoms with Gasteiger partial charge in [-0.1, -0.05) is 0 Å². The summed E-state index contributed by atoms with van der Waals surface area (Å²) in [6.45, 7) is 5.11. The van der Waals surface area contributed by atoms with E-state index in [9.17, 15) is 5.11 Å². The molecule has 4 nitrogen and oxygen atoms in total. The fourth-order valence-electron chi connectivity index (χ4n) is 1.84. The minimum Gasteiger partial charge on any atom is -0.389 e. The molecule has 70 valence electrons. The lowest BCUT2D eigenvalue weighted by Gasteiger charge is -2.27. The number of hydrogen-bond acceptors (Lipinski definition) is 4. The van der Waals surface area contributed by atoms with E-state index in [2.05, 4.69) is 5.32 Å². The highest BCUT2D eigenvalue weighted by Gasteiger charge is 2.46. The highest BCUT2D eigenvalue weighted by atomic mass is 16.8. The van der Waals surface area contributed by atoms with Gasteiger partial charge in [0.15, 0.2) is 5.79 Å². The third-order valence-electron chi connectivity index (χ3n) is 2.30. The fourth-order valence-corrected chi connectivity index (χ4v) is 1.84. The zero-order valence-corrected chi connectivity index (χ0v) is 7.41. The number of rotatable bonds is 0. The van der Waals surface area contributed by atoms with Crippen LogP contribution >= 0.6 is 0 Å². The third kappa shape index (κ3) is 1.35. The summed E-state index contributed by atoms with van der Waals surface area (Å²) in [6.07, 6.45) is -0.587. The highest BCUT2D eigenvalue weighted by Crippen LogP contribution is 2.30. The molecular formula is C8H15NO3. The van der Waals surface area contributed by atoms with Gasteiger partial charge in [0.05, 0.1) is 6.10 Å². The number of hydrogen-bond donors (Lipinski definition) is 2. The molecule has 0 bridgehead atoms. The van der Waals surface area contributed by atoms with Crippen LogP contribution in [0.15, 0.2) is 0 Å². The van der Waals surface area contributed by atoms with Gasteiger partial charge in [-0.25, -0.2) is 0 Å². The van der Waals surface area contributed by atoms with E-state index in [4.69, 9.17) is 9.47 Å². The second kappa shape index (κ2) is 2.67. The summed E-state index contributed by atoms with van der Waals surface area (Å²) < 4.78 is 11.1. The molecule has 0 aromatic heterocycles. The van der Waals surface area contributed by atoms with Crippen LogP contribution in [0.25, 0.3) is 0 Å². The first-order valence-corrected chi connectivity index (χ1v) is 4.33. The van der Waals surface area contributed by atoms with Crippen LogP contribution in [0.1, 0.15) is 13.8 Å². The van der Waals surface area contributed by atoms with Crippen molar-refractivity contribution in [3.8, 4) is 0 Å². The Hall–Kier alpha value is -0.160. The Morgan fingerprint density at radius 3 is 2.75 bits per heavy atom. The monoisotopic (exact) mass is 173 g/mol. The summed E-state index contributed by atoms with van der Waals surface area (Å²) in [4.78, 5) is 0. The molecule has 0 unspecified atom stereocenters. The highest BCUT2D eigenvalue weighted by molar-refractivity contribution is 4.92. The largest absolute Gasteiger partial charge is 0.389 e. The van der Waals surface area contributed by atoms with Crippen molar-refractivity contribution in [3.63, 3.8) is 0 Å². The molecule has 0 radical (unpaired) electrons. The van der Waals surface area contributed by atoms with Gasteiger partial charge in [-0.15, -0.1) is 0 Å². The van der Waals surface area contributed by atoms with Crippen LogP contribution in [0.5, 0.6) is 0 Å². The Bertz CT molecular complexity index is 183. The van der Waals surface area contributed by atoms with Gasteiger partial charge in [-0.2, -0.15) is 0 Å². The molecule has 0 spiro atoms. The predicted molar refractivity (Wildman–Crippen MR) is 42.7 cm³/mol. The van der Waals surface area contributed by atoms with Crippen LogP contribution in [0.3, 0.4) is 0 Å². The van der Waals surface area contributed by atoms with Crippen LogP contribution in [0.4, 0.5) is 0 Å². The molecule has 0 saturated carbocycles. The number of nitrogens with one attached hydrogen (secondary N) is 1. The molecule has 0 aromatic rings. The summed E-state index contributed by atoms with van der Waals surface area (Å²) in [5, 5.41) is 12.6. The number of β-amino-alcohol motifs (C(OH)–C–C–N with tert-alkyl or cyclic N) is 1. The molecule has 2 fully saturated rings. The van der Waals surface area contributed by atoms with Crippen molar-refractivity contribution in [2.45, 2.75) is 37.9 Å². The molecule has 4 heteroatoms. The summed E-state index contributed by atoms with van der Waals surface area (Å²) in [5.41, 5.74) is 0. The standard InChI is InChI=1S/C8H15NO3/c1-8(2)11-6-4-9-3-5(10)7(6)12-8/h5-7,9-10H,3-4H2,1-2H3/t5-,6+,7-/m0/s1. The van der Waals surface area contributed by atoms with Gasteiger partial charge < -0.3 is 19.9 Å².